The van der Waals surface area contributed by atoms with Crippen molar-refractivity contribution in [3.8, 4) is 0 Å². The Labute approximate surface area is 194 Å². The second-order valence-corrected chi connectivity index (χ2v) is 7.45. The van der Waals surface area contributed by atoms with Crippen LogP contribution in [0.5, 0.6) is 0 Å². The summed E-state index contributed by atoms with van der Waals surface area (Å²) in [4.78, 5) is 27.9. The molecular formula is C18H24F6N6O5. The predicted octanol–water partition coefficient (Wildman–Crippen LogP) is 1.98. The van der Waals surface area contributed by atoms with Crippen LogP contribution >= 0.6 is 0 Å². The summed E-state index contributed by atoms with van der Waals surface area (Å²) in [6, 6.07) is 0. The van der Waals surface area contributed by atoms with Crippen LogP contribution in [-0.2, 0) is 29.3 Å². The topological polar surface area (TPSA) is 157 Å². The van der Waals surface area contributed by atoms with Crippen molar-refractivity contribution in [1.29, 1.82) is 0 Å². The zero-order valence-electron chi connectivity index (χ0n) is 18.3. The molecule has 0 aliphatic carbocycles. The number of carboxylic acids is 2. The van der Waals surface area contributed by atoms with E-state index in [-0.39, 0.29) is 6.61 Å². The number of aromatic amines is 1. The fourth-order valence-electron chi connectivity index (χ4n) is 2.97. The third-order valence-electron chi connectivity index (χ3n) is 4.41. The van der Waals surface area contributed by atoms with Crippen molar-refractivity contribution in [1.82, 2.24) is 29.9 Å². The van der Waals surface area contributed by atoms with Gasteiger partial charge in [-0.2, -0.15) is 26.3 Å². The molecule has 0 saturated carbocycles. The molecule has 1 unspecified atom stereocenters. The number of aliphatic carboxylic acids is 2. The van der Waals surface area contributed by atoms with Crippen LogP contribution in [0.25, 0.3) is 0 Å². The monoisotopic (exact) mass is 518 g/mol. The zero-order valence-corrected chi connectivity index (χ0v) is 18.3. The van der Waals surface area contributed by atoms with Crippen molar-refractivity contribution in [3.63, 3.8) is 0 Å². The molecule has 4 N–H and O–H groups in total. The maximum absolute atomic E-state index is 10.6. The van der Waals surface area contributed by atoms with E-state index in [2.05, 4.69) is 25.2 Å². The summed E-state index contributed by atoms with van der Waals surface area (Å²) >= 11 is 0. The first-order valence-corrected chi connectivity index (χ1v) is 9.94. The van der Waals surface area contributed by atoms with Crippen LogP contribution < -0.4 is 0 Å². The van der Waals surface area contributed by atoms with Crippen LogP contribution in [0.15, 0.2) is 12.4 Å². The Kier molecular flexibility index (Phi) is 11.1. The van der Waals surface area contributed by atoms with Gasteiger partial charge in [0.25, 0.3) is 0 Å². The van der Waals surface area contributed by atoms with E-state index in [0.29, 0.717) is 11.6 Å². The molecule has 2 aromatic heterocycles. The maximum Gasteiger partial charge on any atom is 0.490 e. The number of hydrogen-bond donors (Lipinski definition) is 4. The number of carboxylic acid groups (broad SMARTS) is 2. The van der Waals surface area contributed by atoms with Gasteiger partial charge < -0.3 is 20.3 Å². The molecule has 17 heteroatoms. The first-order valence-electron chi connectivity index (χ1n) is 9.94. The number of aliphatic hydroxyl groups is 1. The van der Waals surface area contributed by atoms with Gasteiger partial charge >= 0.3 is 24.3 Å². The van der Waals surface area contributed by atoms with E-state index in [4.69, 9.17) is 24.9 Å². The minimum Gasteiger partial charge on any atom is -0.475 e. The predicted molar refractivity (Wildman–Crippen MR) is 105 cm³/mol. The van der Waals surface area contributed by atoms with Crippen LogP contribution in [0.3, 0.4) is 0 Å². The molecule has 2 aromatic rings. The van der Waals surface area contributed by atoms with Crippen molar-refractivity contribution in [2.75, 3.05) is 13.1 Å². The number of aryl methyl sites for hydroxylation is 1. The molecule has 3 rings (SSSR count). The van der Waals surface area contributed by atoms with Gasteiger partial charge in [-0.05, 0) is 32.2 Å². The molecule has 0 amide bonds. The molecule has 0 bridgehead atoms. The van der Waals surface area contributed by atoms with Crippen molar-refractivity contribution in [2.45, 2.75) is 51.8 Å². The van der Waals surface area contributed by atoms with Crippen molar-refractivity contribution in [2.24, 2.45) is 5.92 Å². The molecule has 198 valence electrons. The van der Waals surface area contributed by atoms with Gasteiger partial charge in [0.1, 0.15) is 11.5 Å². The molecule has 1 saturated heterocycles. The number of piperidine rings is 1. The lowest BCUT2D eigenvalue weighted by molar-refractivity contribution is -0.193. The number of likely N-dealkylation sites (tertiary alicyclic amines) is 1. The lowest BCUT2D eigenvalue weighted by Crippen LogP contribution is -2.36. The van der Waals surface area contributed by atoms with Gasteiger partial charge in [-0.15, -0.1) is 5.10 Å². The standard InChI is InChI=1S/C14H22N6O.2C2HF3O2/c1-11-5-15-14(16-11)9-19-4-2-3-12(6-19)7-20-8-13(10-21)17-18-20;2*3-2(4,5)1(6)7/h5,8,12,21H,2-4,6-7,9-10H2,1H3,(H,15,16);2*(H,6,7). The summed E-state index contributed by atoms with van der Waals surface area (Å²) in [6.45, 7) is 5.89. The summed E-state index contributed by atoms with van der Waals surface area (Å²) < 4.78 is 65.3. The number of alkyl halides is 6. The Morgan fingerprint density at radius 2 is 1.71 bits per heavy atom. The molecule has 1 atom stereocenters. The second kappa shape index (κ2) is 13.0. The van der Waals surface area contributed by atoms with Crippen LogP contribution in [-0.4, -0.2) is 82.6 Å². The highest BCUT2D eigenvalue weighted by Crippen LogP contribution is 2.19. The quantitative estimate of drug-likeness (QED) is 0.435. The van der Waals surface area contributed by atoms with Gasteiger partial charge in [0.2, 0.25) is 0 Å². The van der Waals surface area contributed by atoms with Crippen LogP contribution in [0.4, 0.5) is 26.3 Å². The van der Waals surface area contributed by atoms with Crippen molar-refractivity contribution >= 4 is 11.9 Å². The van der Waals surface area contributed by atoms with Gasteiger partial charge in [-0.3, -0.25) is 9.58 Å². The molecule has 0 aromatic carbocycles. The molecule has 0 spiro atoms. The number of carbonyl (C=O) groups is 2. The Bertz CT molecular complexity index is 921. The van der Waals surface area contributed by atoms with Crippen LogP contribution in [0, 0.1) is 12.8 Å². The van der Waals surface area contributed by atoms with Gasteiger partial charge in [0, 0.05) is 25.0 Å². The molecule has 0 radical (unpaired) electrons. The fraction of sp³-hybridized carbons (Fsp3) is 0.611. The summed E-state index contributed by atoms with van der Waals surface area (Å²) in [5.74, 6) is -3.90. The number of imidazole rings is 1. The summed E-state index contributed by atoms with van der Waals surface area (Å²) in [5.41, 5.74) is 1.74. The number of hydrogen-bond acceptors (Lipinski definition) is 7. The number of halogens is 6. The van der Waals surface area contributed by atoms with Gasteiger partial charge in [-0.1, -0.05) is 5.21 Å². The summed E-state index contributed by atoms with van der Waals surface area (Å²) in [7, 11) is 0. The highest BCUT2D eigenvalue weighted by molar-refractivity contribution is 5.73. The Morgan fingerprint density at radius 3 is 2.14 bits per heavy atom. The number of aliphatic hydroxyl groups excluding tert-OH is 1. The number of aromatic nitrogens is 5. The average molecular weight is 518 g/mol. The molecule has 11 nitrogen and oxygen atoms in total. The second-order valence-electron chi connectivity index (χ2n) is 7.45. The molecule has 3 heterocycles. The largest absolute Gasteiger partial charge is 0.490 e. The number of nitrogens with zero attached hydrogens (tertiary/aromatic N) is 5. The van der Waals surface area contributed by atoms with E-state index in [1.54, 1.807) is 0 Å². The van der Waals surface area contributed by atoms with Gasteiger partial charge in [-0.25, -0.2) is 14.6 Å². The molecular weight excluding hydrogens is 494 g/mol. The van der Waals surface area contributed by atoms with E-state index in [9.17, 15) is 26.3 Å². The van der Waals surface area contributed by atoms with Crippen LogP contribution in [0.2, 0.25) is 0 Å². The third kappa shape index (κ3) is 11.7. The Balaban J connectivity index is 0.000000362. The Hall–Kier alpha value is -3.21. The van der Waals surface area contributed by atoms with E-state index < -0.39 is 24.3 Å². The highest BCUT2D eigenvalue weighted by Gasteiger charge is 2.38. The van der Waals surface area contributed by atoms with Crippen LogP contribution in [0.1, 0.15) is 30.1 Å². The van der Waals surface area contributed by atoms with Gasteiger partial charge in [0.15, 0.2) is 0 Å². The lowest BCUT2D eigenvalue weighted by Gasteiger charge is -2.31. The van der Waals surface area contributed by atoms with Gasteiger partial charge in [0.05, 0.1) is 19.3 Å². The van der Waals surface area contributed by atoms with Crippen molar-refractivity contribution in [3.05, 3.63) is 29.6 Å². The van der Waals surface area contributed by atoms with E-state index >= 15 is 0 Å². The first kappa shape index (κ1) is 29.8. The third-order valence-corrected chi connectivity index (χ3v) is 4.41. The summed E-state index contributed by atoms with van der Waals surface area (Å²) in [6.07, 6.45) is -4.05. The minimum absolute atomic E-state index is 0.0470. The molecule has 1 aliphatic rings. The average Bonchev–Trinajstić information content (AvgIpc) is 3.36. The SMILES string of the molecule is Cc1cnc(CN2CCCC(Cn3cc(CO)nn3)C2)[nH]1.O=C(O)C(F)(F)F.O=C(O)C(F)(F)F. The Morgan fingerprint density at radius 1 is 1.14 bits per heavy atom. The smallest absolute Gasteiger partial charge is 0.475 e. The van der Waals surface area contributed by atoms with E-state index in [0.717, 1.165) is 37.7 Å². The normalized spacial score (nSPS) is 16.5. The zero-order chi connectivity index (χ0) is 26.8. The highest BCUT2D eigenvalue weighted by atomic mass is 19.4. The molecule has 1 aliphatic heterocycles. The number of rotatable bonds is 5. The maximum atomic E-state index is 10.6. The summed E-state index contributed by atoms with van der Waals surface area (Å²) in [5, 5.41) is 31.3. The van der Waals surface area contributed by atoms with Crippen molar-refractivity contribution < 1.29 is 51.3 Å². The lowest BCUT2D eigenvalue weighted by atomic mass is 9.98. The fourth-order valence-corrected chi connectivity index (χ4v) is 2.97. The first-order chi connectivity index (χ1) is 16.1. The van der Waals surface area contributed by atoms with E-state index in [1.807, 2.05) is 24.0 Å². The minimum atomic E-state index is -5.08. The number of nitrogens with one attached hydrogen (secondary N) is 1. The molecule has 35 heavy (non-hydrogen) atoms. The van der Waals surface area contributed by atoms with E-state index in [1.165, 1.54) is 12.8 Å². The number of H-pyrrole nitrogens is 1. The molecule has 1 fully saturated rings.